The molecule has 0 saturated carbocycles. The lowest BCUT2D eigenvalue weighted by molar-refractivity contribution is 0.101. The molecule has 94 valence electrons. The highest BCUT2D eigenvalue weighted by Crippen LogP contribution is 2.24. The maximum Gasteiger partial charge on any atom is 0.163 e. The highest BCUT2D eigenvalue weighted by Gasteiger charge is 2.10. The van der Waals surface area contributed by atoms with Gasteiger partial charge in [-0.15, -0.1) is 0 Å². The summed E-state index contributed by atoms with van der Waals surface area (Å²) in [6.07, 6.45) is 0. The number of ketones is 1. The number of nitrogens with zero attached hydrogens (tertiary/aromatic N) is 1. The Morgan fingerprint density at radius 1 is 1.44 bits per heavy atom. The molecule has 0 bridgehead atoms. The Balaban J connectivity index is 2.16. The van der Waals surface area contributed by atoms with E-state index < -0.39 is 0 Å². The minimum absolute atomic E-state index is 0.0392. The molecule has 0 N–H and O–H groups in total. The molecule has 0 fully saturated rings. The topological polar surface area (TPSA) is 52.3 Å². The third kappa shape index (κ3) is 2.98. The van der Waals surface area contributed by atoms with Crippen molar-refractivity contribution in [2.24, 2.45) is 0 Å². The Kier molecular flexibility index (Phi) is 3.81. The van der Waals surface area contributed by atoms with E-state index in [0.717, 1.165) is 10.2 Å². The van der Waals surface area contributed by atoms with Gasteiger partial charge in [-0.1, -0.05) is 21.1 Å². The van der Waals surface area contributed by atoms with Gasteiger partial charge in [0.15, 0.2) is 5.78 Å². The van der Waals surface area contributed by atoms with Crippen molar-refractivity contribution in [2.75, 3.05) is 0 Å². The van der Waals surface area contributed by atoms with Crippen molar-refractivity contribution in [3.05, 3.63) is 45.8 Å². The largest absolute Gasteiger partial charge is 0.486 e. The highest BCUT2D eigenvalue weighted by atomic mass is 79.9. The second-order valence-corrected chi connectivity index (χ2v) is 4.83. The van der Waals surface area contributed by atoms with Crippen LogP contribution in [0.15, 0.2) is 33.3 Å². The van der Waals surface area contributed by atoms with Gasteiger partial charge in [-0.05, 0) is 32.0 Å². The fourth-order valence-corrected chi connectivity index (χ4v) is 1.90. The highest BCUT2D eigenvalue weighted by molar-refractivity contribution is 9.10. The van der Waals surface area contributed by atoms with Crippen LogP contribution in [-0.4, -0.2) is 10.9 Å². The molecule has 1 heterocycles. The zero-order chi connectivity index (χ0) is 13.1. The summed E-state index contributed by atoms with van der Waals surface area (Å²) in [6.45, 7) is 3.60. The van der Waals surface area contributed by atoms with Crippen LogP contribution in [0, 0.1) is 6.92 Å². The van der Waals surface area contributed by atoms with Crippen molar-refractivity contribution < 1.29 is 14.1 Å². The molecule has 1 aromatic carbocycles. The van der Waals surface area contributed by atoms with Gasteiger partial charge in [-0.2, -0.15) is 0 Å². The number of Topliss-reactive ketones (excluding diaryl/α,β-unsaturated/α-hetero) is 1. The summed E-state index contributed by atoms with van der Waals surface area (Å²) in [4.78, 5) is 11.5. The van der Waals surface area contributed by atoms with E-state index in [4.69, 9.17) is 9.26 Å². The predicted octanol–water partition coefficient (Wildman–Crippen LogP) is 3.53. The fraction of sp³-hybridized carbons (Fsp3) is 0.231. The lowest BCUT2D eigenvalue weighted by Crippen LogP contribution is -2.01. The van der Waals surface area contributed by atoms with Crippen LogP contribution in [0.25, 0.3) is 0 Å². The van der Waals surface area contributed by atoms with Gasteiger partial charge in [0.2, 0.25) is 0 Å². The molecular formula is C13H12BrNO3. The van der Waals surface area contributed by atoms with Crippen LogP contribution in [0.5, 0.6) is 5.75 Å². The molecule has 0 aliphatic rings. The van der Waals surface area contributed by atoms with E-state index in [0.29, 0.717) is 17.0 Å². The van der Waals surface area contributed by atoms with Crippen molar-refractivity contribution in [1.29, 1.82) is 0 Å². The Morgan fingerprint density at radius 2 is 2.22 bits per heavy atom. The number of aryl methyl sites for hydroxylation is 1. The Morgan fingerprint density at radius 3 is 2.83 bits per heavy atom. The zero-order valence-electron chi connectivity index (χ0n) is 10.1. The predicted molar refractivity (Wildman–Crippen MR) is 69.7 cm³/mol. The average molecular weight is 310 g/mol. The SMILES string of the molecule is CC(=O)c1cc(Br)ccc1OCc1cc(C)on1. The van der Waals surface area contributed by atoms with Crippen LogP contribution in [-0.2, 0) is 6.61 Å². The lowest BCUT2D eigenvalue weighted by atomic mass is 10.1. The summed E-state index contributed by atoms with van der Waals surface area (Å²) < 4.78 is 11.4. The van der Waals surface area contributed by atoms with Gasteiger partial charge in [-0.3, -0.25) is 4.79 Å². The molecule has 0 aliphatic carbocycles. The Hall–Kier alpha value is -1.62. The molecular weight excluding hydrogens is 298 g/mol. The summed E-state index contributed by atoms with van der Waals surface area (Å²) in [6, 6.07) is 7.13. The minimum atomic E-state index is -0.0392. The normalized spacial score (nSPS) is 10.4. The van der Waals surface area contributed by atoms with Gasteiger partial charge < -0.3 is 9.26 Å². The molecule has 4 nitrogen and oxygen atoms in total. The van der Waals surface area contributed by atoms with Crippen molar-refractivity contribution in [3.63, 3.8) is 0 Å². The zero-order valence-corrected chi connectivity index (χ0v) is 11.7. The monoisotopic (exact) mass is 309 g/mol. The van der Waals surface area contributed by atoms with E-state index in [9.17, 15) is 4.79 Å². The van der Waals surface area contributed by atoms with E-state index in [1.54, 1.807) is 18.2 Å². The number of hydrogen-bond acceptors (Lipinski definition) is 4. The van der Waals surface area contributed by atoms with Gasteiger partial charge in [0.25, 0.3) is 0 Å². The molecule has 0 atom stereocenters. The van der Waals surface area contributed by atoms with Gasteiger partial charge in [0.05, 0.1) is 5.56 Å². The number of benzene rings is 1. The van der Waals surface area contributed by atoms with Gasteiger partial charge >= 0.3 is 0 Å². The molecule has 18 heavy (non-hydrogen) atoms. The van der Waals surface area contributed by atoms with Crippen LogP contribution < -0.4 is 4.74 Å². The molecule has 0 saturated heterocycles. The maximum atomic E-state index is 11.5. The van der Waals surface area contributed by atoms with Gasteiger partial charge in [-0.25, -0.2) is 0 Å². The molecule has 5 heteroatoms. The first-order valence-corrected chi connectivity index (χ1v) is 6.21. The third-order valence-electron chi connectivity index (χ3n) is 2.37. The number of rotatable bonds is 4. The summed E-state index contributed by atoms with van der Waals surface area (Å²) in [5.74, 6) is 1.24. The second-order valence-electron chi connectivity index (χ2n) is 3.91. The fourth-order valence-electron chi connectivity index (χ4n) is 1.54. The quantitative estimate of drug-likeness (QED) is 0.811. The van der Waals surface area contributed by atoms with Crippen molar-refractivity contribution in [2.45, 2.75) is 20.5 Å². The molecule has 2 rings (SSSR count). The van der Waals surface area contributed by atoms with Crippen LogP contribution in [0.1, 0.15) is 28.7 Å². The maximum absolute atomic E-state index is 11.5. The first kappa shape index (κ1) is 12.8. The van der Waals surface area contributed by atoms with E-state index in [1.165, 1.54) is 6.92 Å². The number of aromatic nitrogens is 1. The van der Waals surface area contributed by atoms with Crippen molar-refractivity contribution in [3.8, 4) is 5.75 Å². The van der Waals surface area contributed by atoms with E-state index >= 15 is 0 Å². The lowest BCUT2D eigenvalue weighted by Gasteiger charge is -2.08. The summed E-state index contributed by atoms with van der Waals surface area (Å²) in [5.41, 5.74) is 1.24. The molecule has 2 aromatic rings. The molecule has 0 aliphatic heterocycles. The molecule has 0 unspecified atom stereocenters. The number of halogens is 1. The number of hydrogen-bond donors (Lipinski definition) is 0. The Bertz CT molecular complexity index is 577. The summed E-state index contributed by atoms with van der Waals surface area (Å²) in [5, 5.41) is 3.83. The van der Waals surface area contributed by atoms with E-state index in [1.807, 2.05) is 13.0 Å². The molecule has 1 aromatic heterocycles. The first-order chi connectivity index (χ1) is 8.56. The van der Waals surface area contributed by atoms with Crippen LogP contribution >= 0.6 is 15.9 Å². The number of carbonyl (C=O) groups excluding carboxylic acids is 1. The van der Waals surface area contributed by atoms with Gasteiger partial charge in [0, 0.05) is 10.5 Å². The van der Waals surface area contributed by atoms with Crippen molar-refractivity contribution in [1.82, 2.24) is 5.16 Å². The summed E-state index contributed by atoms with van der Waals surface area (Å²) >= 11 is 3.33. The smallest absolute Gasteiger partial charge is 0.163 e. The average Bonchev–Trinajstić information content (AvgIpc) is 2.73. The second kappa shape index (κ2) is 5.35. The standard InChI is InChI=1S/C13H12BrNO3/c1-8-5-11(15-18-8)7-17-13-4-3-10(14)6-12(13)9(2)16/h3-6H,7H2,1-2H3. The number of carbonyl (C=O) groups is 1. The van der Waals surface area contributed by atoms with E-state index in [-0.39, 0.29) is 12.4 Å². The summed E-state index contributed by atoms with van der Waals surface area (Å²) in [7, 11) is 0. The van der Waals surface area contributed by atoms with E-state index in [2.05, 4.69) is 21.1 Å². The van der Waals surface area contributed by atoms with Crippen LogP contribution in [0.3, 0.4) is 0 Å². The molecule has 0 spiro atoms. The Labute approximate surface area is 113 Å². The third-order valence-corrected chi connectivity index (χ3v) is 2.87. The first-order valence-electron chi connectivity index (χ1n) is 5.42. The van der Waals surface area contributed by atoms with Crippen molar-refractivity contribution >= 4 is 21.7 Å². The minimum Gasteiger partial charge on any atom is -0.486 e. The molecule has 0 radical (unpaired) electrons. The molecule has 0 amide bonds. The van der Waals surface area contributed by atoms with Crippen LogP contribution in [0.2, 0.25) is 0 Å². The number of ether oxygens (including phenoxy) is 1. The van der Waals surface area contributed by atoms with Crippen LogP contribution in [0.4, 0.5) is 0 Å². The van der Waals surface area contributed by atoms with Gasteiger partial charge in [0.1, 0.15) is 23.8 Å².